The van der Waals surface area contributed by atoms with Crippen molar-refractivity contribution in [3.05, 3.63) is 52.4 Å². The third-order valence-corrected chi connectivity index (χ3v) is 5.22. The number of hydrogen-bond acceptors (Lipinski definition) is 5. The Bertz CT molecular complexity index is 980. The first-order chi connectivity index (χ1) is 14.4. The Morgan fingerprint density at radius 2 is 1.77 bits per heavy atom. The van der Waals surface area contributed by atoms with Crippen molar-refractivity contribution in [2.45, 2.75) is 13.5 Å². The van der Waals surface area contributed by atoms with E-state index in [-0.39, 0.29) is 18.1 Å². The number of aromatic nitrogens is 1. The van der Waals surface area contributed by atoms with E-state index in [1.54, 1.807) is 31.1 Å². The lowest BCUT2D eigenvalue weighted by atomic mass is 10.2. The molecule has 2 aromatic rings. The van der Waals surface area contributed by atoms with Crippen molar-refractivity contribution in [1.29, 1.82) is 0 Å². The molecule has 3 rings (SSSR count). The van der Waals surface area contributed by atoms with Gasteiger partial charge in [0.25, 0.3) is 5.56 Å². The quantitative estimate of drug-likeness (QED) is 0.770. The van der Waals surface area contributed by atoms with Gasteiger partial charge in [0, 0.05) is 38.9 Å². The molecule has 1 aromatic heterocycles. The molecule has 1 saturated heterocycles. The summed E-state index contributed by atoms with van der Waals surface area (Å²) < 4.78 is 6.82. The van der Waals surface area contributed by atoms with Crippen LogP contribution in [0.1, 0.15) is 5.69 Å². The van der Waals surface area contributed by atoms with E-state index in [0.717, 1.165) is 11.4 Å². The van der Waals surface area contributed by atoms with Gasteiger partial charge in [-0.25, -0.2) is 4.79 Å². The minimum atomic E-state index is -0.485. The molecule has 0 bridgehead atoms. The van der Waals surface area contributed by atoms with Crippen LogP contribution in [0.3, 0.4) is 0 Å². The number of anilines is 2. The van der Waals surface area contributed by atoms with Gasteiger partial charge in [-0.3, -0.25) is 9.59 Å². The summed E-state index contributed by atoms with van der Waals surface area (Å²) >= 11 is 0. The van der Waals surface area contributed by atoms with Crippen LogP contribution in [-0.4, -0.2) is 61.7 Å². The maximum atomic E-state index is 12.9. The number of amides is 3. The predicted molar refractivity (Wildman–Crippen MR) is 115 cm³/mol. The Labute approximate surface area is 175 Å². The highest BCUT2D eigenvalue weighted by Crippen LogP contribution is 2.28. The summed E-state index contributed by atoms with van der Waals surface area (Å²) in [6.07, 6.45) is 0. The molecule has 3 amide bonds. The van der Waals surface area contributed by atoms with Crippen LogP contribution in [0.4, 0.5) is 16.2 Å². The summed E-state index contributed by atoms with van der Waals surface area (Å²) in [6, 6.07) is 10.6. The van der Waals surface area contributed by atoms with Crippen LogP contribution in [-0.2, 0) is 11.3 Å². The van der Waals surface area contributed by atoms with Crippen molar-refractivity contribution in [2.24, 2.45) is 0 Å². The fourth-order valence-corrected chi connectivity index (χ4v) is 3.47. The van der Waals surface area contributed by atoms with Gasteiger partial charge in [-0.15, -0.1) is 0 Å². The molecule has 2 N–H and O–H groups in total. The van der Waals surface area contributed by atoms with Gasteiger partial charge in [-0.1, -0.05) is 12.1 Å². The average Bonchev–Trinajstić information content (AvgIpc) is 2.78. The Hall–Kier alpha value is -3.49. The third-order valence-electron chi connectivity index (χ3n) is 5.22. The number of ether oxygens (including phenoxy) is 1. The number of pyridine rings is 1. The minimum Gasteiger partial charge on any atom is -0.495 e. The maximum absolute atomic E-state index is 12.9. The number of methoxy groups -OCH3 is 1. The predicted octanol–water partition coefficient (Wildman–Crippen LogP) is 1.27. The molecule has 9 heteroatoms. The number of carbonyl (C=O) groups is 2. The molecule has 1 aliphatic heterocycles. The van der Waals surface area contributed by atoms with Crippen molar-refractivity contribution in [2.75, 3.05) is 50.6 Å². The van der Waals surface area contributed by atoms with Crippen LogP contribution >= 0.6 is 0 Å². The molecule has 1 fully saturated rings. The second-order valence-electron chi connectivity index (χ2n) is 7.02. The van der Waals surface area contributed by atoms with E-state index in [9.17, 15) is 14.4 Å². The number of carbonyl (C=O) groups excluding carboxylic acids is 2. The lowest BCUT2D eigenvalue weighted by Gasteiger charge is -2.36. The van der Waals surface area contributed by atoms with E-state index < -0.39 is 11.6 Å². The molecule has 0 aliphatic carbocycles. The fraction of sp³-hybridized carbons (Fsp3) is 0.381. The van der Waals surface area contributed by atoms with Gasteiger partial charge in [-0.2, -0.15) is 0 Å². The number of nitrogens with zero attached hydrogens (tertiary/aromatic N) is 3. The molecule has 0 atom stereocenters. The molecule has 2 heterocycles. The molecule has 30 heavy (non-hydrogen) atoms. The largest absolute Gasteiger partial charge is 0.495 e. The zero-order valence-corrected chi connectivity index (χ0v) is 17.5. The number of nitrogens with one attached hydrogen (secondary N) is 2. The van der Waals surface area contributed by atoms with Crippen molar-refractivity contribution >= 4 is 23.3 Å². The molecule has 1 aliphatic rings. The Balaban J connectivity index is 1.67. The van der Waals surface area contributed by atoms with Crippen molar-refractivity contribution in [1.82, 2.24) is 14.8 Å². The smallest absolute Gasteiger partial charge is 0.319 e. The number of benzene rings is 1. The summed E-state index contributed by atoms with van der Waals surface area (Å²) in [7, 11) is 3.11. The van der Waals surface area contributed by atoms with Gasteiger partial charge in [0.1, 0.15) is 18.0 Å². The summed E-state index contributed by atoms with van der Waals surface area (Å²) in [5, 5.41) is 4.89. The molecule has 0 spiro atoms. The van der Waals surface area contributed by atoms with Crippen LogP contribution in [0, 0.1) is 6.92 Å². The van der Waals surface area contributed by atoms with E-state index >= 15 is 0 Å². The second-order valence-corrected chi connectivity index (χ2v) is 7.02. The summed E-state index contributed by atoms with van der Waals surface area (Å²) in [4.78, 5) is 41.0. The molecular weight excluding hydrogens is 386 g/mol. The SMILES string of the molecule is CNC(=O)Nc1ccc(C)n(CC(=O)N2CCN(c3ccccc3OC)CC2)c1=O. The lowest BCUT2D eigenvalue weighted by molar-refractivity contribution is -0.132. The molecule has 9 nitrogen and oxygen atoms in total. The van der Waals surface area contributed by atoms with Crippen LogP contribution in [0.5, 0.6) is 5.75 Å². The zero-order chi connectivity index (χ0) is 21.7. The van der Waals surface area contributed by atoms with Crippen LogP contribution in [0.2, 0.25) is 0 Å². The first-order valence-corrected chi connectivity index (χ1v) is 9.79. The summed E-state index contributed by atoms with van der Waals surface area (Å²) in [5.41, 5.74) is 1.39. The first-order valence-electron chi connectivity index (χ1n) is 9.79. The van der Waals surface area contributed by atoms with Crippen LogP contribution < -0.4 is 25.8 Å². The van der Waals surface area contributed by atoms with E-state index in [1.165, 1.54) is 11.6 Å². The lowest BCUT2D eigenvalue weighted by Crippen LogP contribution is -2.50. The highest BCUT2D eigenvalue weighted by molar-refractivity contribution is 5.88. The van der Waals surface area contributed by atoms with Gasteiger partial charge in [-0.05, 0) is 31.2 Å². The van der Waals surface area contributed by atoms with E-state index in [0.29, 0.717) is 31.9 Å². The summed E-state index contributed by atoms with van der Waals surface area (Å²) in [5.74, 6) is 0.678. The molecule has 0 saturated carbocycles. The number of rotatable bonds is 5. The first kappa shape index (κ1) is 21.2. The van der Waals surface area contributed by atoms with Gasteiger partial charge in [0.05, 0.1) is 12.8 Å². The number of urea groups is 1. The van der Waals surface area contributed by atoms with Crippen LogP contribution in [0.15, 0.2) is 41.2 Å². The number of para-hydroxylation sites is 2. The minimum absolute atomic E-state index is 0.0669. The van der Waals surface area contributed by atoms with Gasteiger partial charge in [0.15, 0.2) is 0 Å². The van der Waals surface area contributed by atoms with E-state index in [1.807, 2.05) is 24.3 Å². The number of piperazine rings is 1. The van der Waals surface area contributed by atoms with E-state index in [2.05, 4.69) is 15.5 Å². The van der Waals surface area contributed by atoms with Crippen molar-refractivity contribution < 1.29 is 14.3 Å². The Morgan fingerprint density at radius 1 is 1.07 bits per heavy atom. The molecule has 0 unspecified atom stereocenters. The van der Waals surface area contributed by atoms with Crippen LogP contribution in [0.25, 0.3) is 0 Å². The Morgan fingerprint density at radius 3 is 2.43 bits per heavy atom. The molecule has 0 radical (unpaired) electrons. The number of hydrogen-bond donors (Lipinski definition) is 2. The normalized spacial score (nSPS) is 13.7. The molecular formula is C21H27N5O4. The van der Waals surface area contributed by atoms with Gasteiger partial charge >= 0.3 is 6.03 Å². The average molecular weight is 413 g/mol. The third kappa shape index (κ3) is 4.56. The Kier molecular flexibility index (Phi) is 6.61. The monoisotopic (exact) mass is 413 g/mol. The zero-order valence-electron chi connectivity index (χ0n) is 17.5. The van der Waals surface area contributed by atoms with Crippen molar-refractivity contribution in [3.63, 3.8) is 0 Å². The highest BCUT2D eigenvalue weighted by Gasteiger charge is 2.23. The van der Waals surface area contributed by atoms with Crippen molar-refractivity contribution in [3.8, 4) is 5.75 Å². The molecule has 1 aromatic carbocycles. The summed E-state index contributed by atoms with van der Waals surface area (Å²) in [6.45, 7) is 4.17. The van der Waals surface area contributed by atoms with E-state index in [4.69, 9.17) is 4.74 Å². The standard InChI is InChI=1S/C21H27N5O4/c1-15-8-9-16(23-21(29)22-2)20(28)26(15)14-19(27)25-12-10-24(11-13-25)17-6-4-5-7-18(17)30-3/h4-9H,10-14H2,1-3H3,(H2,22,23,29). The number of aryl methyl sites for hydroxylation is 1. The maximum Gasteiger partial charge on any atom is 0.319 e. The fourth-order valence-electron chi connectivity index (χ4n) is 3.47. The van der Waals surface area contributed by atoms with Gasteiger partial charge in [0.2, 0.25) is 5.91 Å². The second kappa shape index (κ2) is 9.34. The highest BCUT2D eigenvalue weighted by atomic mass is 16.5. The molecule has 160 valence electrons. The van der Waals surface area contributed by atoms with Gasteiger partial charge < -0.3 is 29.7 Å². The topological polar surface area (TPSA) is 95.9 Å².